The Morgan fingerprint density at radius 1 is 0.286 bits per heavy atom. The number of hydrogen-bond acceptors (Lipinski definition) is 2. The predicted octanol–water partition coefficient (Wildman–Crippen LogP) is 19.0. The average molecular weight is 1080 g/mol. The van der Waals surface area contributed by atoms with E-state index in [0.29, 0.717) is 0 Å². The lowest BCUT2D eigenvalue weighted by atomic mass is 9.33. The summed E-state index contributed by atoms with van der Waals surface area (Å²) in [6.45, 7) is -0.170. The average Bonchev–Trinajstić information content (AvgIpc) is 1.60. The van der Waals surface area contributed by atoms with Crippen molar-refractivity contribution in [1.29, 1.82) is 0 Å². The number of anilines is 3. The van der Waals surface area contributed by atoms with Crippen LogP contribution in [0, 0.1) is 0 Å². The summed E-state index contributed by atoms with van der Waals surface area (Å²) in [4.78, 5) is 2.70. The molecule has 2 aliphatic heterocycles. The van der Waals surface area contributed by atoms with Gasteiger partial charge in [-0.05, 0) is 124 Å². The second-order valence-electron chi connectivity index (χ2n) is 22.7. The molecule has 0 fully saturated rings. The van der Waals surface area contributed by atoms with Crippen LogP contribution in [-0.2, 0) is 0 Å². The zero-order chi connectivity index (χ0) is 54.7. The fraction of sp³-hybridized carbons (Fsp3) is 0. The van der Waals surface area contributed by atoms with Gasteiger partial charge in [0.1, 0.15) is 0 Å². The quantitative estimate of drug-likeness (QED) is 0.152. The number of nitrogens with zero attached hydrogens (tertiary/aromatic N) is 4. The summed E-state index contributed by atoms with van der Waals surface area (Å²) in [5.41, 5.74) is 25.3. The fourth-order valence-electron chi connectivity index (χ4n) is 15.0. The normalized spacial score (nSPS) is 12.7. The topological polar surface area (TPSA) is 18.0 Å². The molecule has 0 amide bonds. The molecule has 0 saturated heterocycles. The van der Waals surface area contributed by atoms with Crippen molar-refractivity contribution < 1.29 is 0 Å². The molecule has 0 atom stereocenters. The minimum absolute atomic E-state index is 0.170. The summed E-state index contributed by atoms with van der Waals surface area (Å²) in [7, 11) is 0. The lowest BCUT2D eigenvalue weighted by Crippen LogP contribution is -2.60. The van der Waals surface area contributed by atoms with Gasteiger partial charge in [0.05, 0.1) is 38.8 Å². The Kier molecular flexibility index (Phi) is 9.55. The van der Waals surface area contributed by atoms with E-state index in [0.717, 1.165) is 17.1 Å². The number of thiophene rings is 1. The molecule has 84 heavy (non-hydrogen) atoms. The van der Waals surface area contributed by atoms with E-state index < -0.39 is 0 Å². The van der Waals surface area contributed by atoms with E-state index in [1.54, 1.807) is 0 Å². The van der Waals surface area contributed by atoms with Crippen LogP contribution in [0.15, 0.2) is 285 Å². The van der Waals surface area contributed by atoms with Crippen molar-refractivity contribution in [2.75, 3.05) is 4.90 Å². The Bertz CT molecular complexity index is 5510. The standard InChI is InChI=1S/C78H47BN4S/c1-5-22-48(23-6-1)51-42-70-75-71(43-51)83(77-54(49-24-7-2-8-25-49)34-21-35-55(77)50-26-9-3-10-27-50)68-45-61-60-44-53(81-64-36-17-13-30-56(64)57-31-14-18-37-65(57)81)40-41-72(60)84-73(61)47-63(68)79(75)76-74-59-33-16-20-39-67(59)80(52-28-11-4-12-29-52)69(74)46-62-58-32-15-19-38-66(58)82(70)78(62)76/h1-47H. The van der Waals surface area contributed by atoms with Crippen LogP contribution < -0.4 is 21.3 Å². The van der Waals surface area contributed by atoms with Gasteiger partial charge in [-0.3, -0.25) is 0 Å². The van der Waals surface area contributed by atoms with E-state index >= 15 is 0 Å². The Morgan fingerprint density at radius 3 is 1.44 bits per heavy atom. The van der Waals surface area contributed by atoms with E-state index in [1.165, 1.54) is 152 Å². The summed E-state index contributed by atoms with van der Waals surface area (Å²) in [6, 6.07) is 107. The Hall–Kier alpha value is -10.7. The minimum Gasteiger partial charge on any atom is -0.310 e. The smallest absolute Gasteiger partial charge is 0.253 e. The maximum Gasteiger partial charge on any atom is 0.253 e. The first kappa shape index (κ1) is 46.0. The summed E-state index contributed by atoms with van der Waals surface area (Å²) in [5, 5.41) is 10.1. The monoisotopic (exact) mass is 1080 g/mol. The fourth-order valence-corrected chi connectivity index (χ4v) is 16.1. The maximum atomic E-state index is 2.70. The van der Waals surface area contributed by atoms with E-state index in [9.17, 15) is 0 Å². The number of hydrogen-bond donors (Lipinski definition) is 0. The summed E-state index contributed by atoms with van der Waals surface area (Å²) < 4.78 is 10.2. The van der Waals surface area contributed by atoms with E-state index in [2.05, 4.69) is 304 Å². The first-order chi connectivity index (χ1) is 41.7. The predicted molar refractivity (Wildman–Crippen MR) is 358 cm³/mol. The van der Waals surface area contributed by atoms with Crippen molar-refractivity contribution in [2.45, 2.75) is 0 Å². The van der Waals surface area contributed by atoms with Crippen LogP contribution in [0.1, 0.15) is 0 Å². The first-order valence-corrected chi connectivity index (χ1v) is 29.8. The number of para-hydroxylation sites is 6. The van der Waals surface area contributed by atoms with E-state index in [1.807, 2.05) is 11.3 Å². The molecule has 0 N–H and O–H groups in total. The van der Waals surface area contributed by atoms with Gasteiger partial charge in [-0.2, -0.15) is 0 Å². The van der Waals surface area contributed by atoms with Crippen molar-refractivity contribution in [2.24, 2.45) is 0 Å². The van der Waals surface area contributed by atoms with Gasteiger partial charge in [0, 0.05) is 92.1 Å². The van der Waals surface area contributed by atoms with Crippen LogP contribution in [0.4, 0.5) is 17.1 Å². The Morgan fingerprint density at radius 2 is 0.798 bits per heavy atom. The largest absolute Gasteiger partial charge is 0.310 e. The maximum absolute atomic E-state index is 2.70. The molecule has 0 saturated carbocycles. The van der Waals surface area contributed by atoms with Crippen LogP contribution in [0.5, 0.6) is 0 Å². The second-order valence-corrected chi connectivity index (χ2v) is 23.8. The molecule has 4 aromatic heterocycles. The van der Waals surface area contributed by atoms with Crippen molar-refractivity contribution in [1.82, 2.24) is 13.7 Å². The summed E-state index contributed by atoms with van der Waals surface area (Å²) >= 11 is 1.91. The molecular formula is C78H47BN4S. The van der Waals surface area contributed by atoms with Gasteiger partial charge in [-0.25, -0.2) is 0 Å². The minimum atomic E-state index is -0.170. The van der Waals surface area contributed by atoms with Crippen molar-refractivity contribution in [3.8, 4) is 50.4 Å². The highest BCUT2D eigenvalue weighted by Gasteiger charge is 2.45. The van der Waals surface area contributed by atoms with Gasteiger partial charge < -0.3 is 18.6 Å². The molecule has 13 aromatic carbocycles. The third-order valence-electron chi connectivity index (χ3n) is 18.4. The number of aromatic nitrogens is 3. The molecule has 4 nitrogen and oxygen atoms in total. The molecule has 2 aliphatic rings. The molecular weight excluding hydrogens is 1040 g/mol. The molecule has 6 heteroatoms. The van der Waals surface area contributed by atoms with Gasteiger partial charge in [0.15, 0.2) is 0 Å². The zero-order valence-electron chi connectivity index (χ0n) is 45.4. The highest BCUT2D eigenvalue weighted by atomic mass is 32.1. The van der Waals surface area contributed by atoms with Crippen LogP contribution in [0.25, 0.3) is 136 Å². The van der Waals surface area contributed by atoms with Crippen LogP contribution >= 0.6 is 11.3 Å². The lowest BCUT2D eigenvalue weighted by Gasteiger charge is -2.42. The Labute approximate surface area is 488 Å². The third-order valence-corrected chi connectivity index (χ3v) is 19.5. The van der Waals surface area contributed by atoms with E-state index in [4.69, 9.17) is 0 Å². The number of rotatable bonds is 6. The van der Waals surface area contributed by atoms with Gasteiger partial charge >= 0.3 is 0 Å². The zero-order valence-corrected chi connectivity index (χ0v) is 46.2. The van der Waals surface area contributed by atoms with Crippen LogP contribution in [-0.4, -0.2) is 20.4 Å². The first-order valence-electron chi connectivity index (χ1n) is 29.0. The Balaban J connectivity index is 1.01. The van der Waals surface area contributed by atoms with Gasteiger partial charge in [-0.1, -0.05) is 200 Å². The molecule has 17 aromatic rings. The summed E-state index contributed by atoms with van der Waals surface area (Å²) in [5.74, 6) is 0. The molecule has 0 spiro atoms. The molecule has 0 aliphatic carbocycles. The number of fused-ring (bicyclic) bond motifs is 17. The molecule has 19 rings (SSSR count). The molecule has 388 valence electrons. The van der Waals surface area contributed by atoms with Crippen LogP contribution in [0.3, 0.4) is 0 Å². The van der Waals surface area contributed by atoms with Gasteiger partial charge in [0.2, 0.25) is 0 Å². The van der Waals surface area contributed by atoms with Crippen molar-refractivity contribution in [3.05, 3.63) is 285 Å². The van der Waals surface area contributed by atoms with Gasteiger partial charge in [0.25, 0.3) is 6.71 Å². The SMILES string of the molecule is c1ccc(-c2cc3c4c(c2)-n2c5ccccc5c5cc6c(c(c52)B4c2cc4sc5ccc(-n7c8ccccc8c8ccccc87)cc5c4cc2N3c2c(-c3ccccc3)cccc2-c2ccccc2)c2ccccc2n6-c2ccccc2)cc1. The second kappa shape index (κ2) is 17.4. The molecule has 6 heterocycles. The lowest BCUT2D eigenvalue weighted by molar-refractivity contribution is 1.17. The van der Waals surface area contributed by atoms with Crippen LogP contribution in [0.2, 0.25) is 0 Å². The highest BCUT2D eigenvalue weighted by Crippen LogP contribution is 2.52. The highest BCUT2D eigenvalue weighted by molar-refractivity contribution is 7.26. The van der Waals surface area contributed by atoms with Crippen molar-refractivity contribution >= 4 is 137 Å². The van der Waals surface area contributed by atoms with E-state index in [-0.39, 0.29) is 6.71 Å². The third kappa shape index (κ3) is 6.32. The molecule has 0 bridgehead atoms. The van der Waals surface area contributed by atoms with Crippen molar-refractivity contribution in [3.63, 3.8) is 0 Å². The summed E-state index contributed by atoms with van der Waals surface area (Å²) in [6.07, 6.45) is 0. The van der Waals surface area contributed by atoms with Gasteiger partial charge in [-0.15, -0.1) is 11.3 Å². The molecule has 0 radical (unpaired) electrons. The number of benzene rings is 13. The molecule has 0 unspecified atom stereocenters.